The number of aromatic nitrogens is 2. The first-order valence-corrected chi connectivity index (χ1v) is 7.47. The molecule has 21 heavy (non-hydrogen) atoms. The van der Waals surface area contributed by atoms with Crippen molar-refractivity contribution in [2.24, 2.45) is 0 Å². The molecular formula is C16H19ClN2O2. The fourth-order valence-corrected chi connectivity index (χ4v) is 2.05. The van der Waals surface area contributed by atoms with E-state index in [-0.39, 0.29) is 0 Å². The molecule has 1 aromatic carbocycles. The van der Waals surface area contributed by atoms with E-state index in [1.807, 2.05) is 19.1 Å². The van der Waals surface area contributed by atoms with Gasteiger partial charge in [-0.15, -0.1) is 0 Å². The third-order valence-electron chi connectivity index (χ3n) is 2.94. The van der Waals surface area contributed by atoms with Gasteiger partial charge in [-0.05, 0) is 31.0 Å². The van der Waals surface area contributed by atoms with Crippen molar-refractivity contribution < 1.29 is 9.47 Å². The van der Waals surface area contributed by atoms with Crippen LogP contribution in [0.2, 0.25) is 5.15 Å². The van der Waals surface area contributed by atoms with Crippen LogP contribution in [0.1, 0.15) is 25.2 Å². The summed E-state index contributed by atoms with van der Waals surface area (Å²) in [5, 5.41) is 0.385. The molecule has 0 spiro atoms. The lowest BCUT2D eigenvalue weighted by Gasteiger charge is -2.08. The fraction of sp³-hybridized carbons (Fsp3) is 0.375. The molecule has 4 nitrogen and oxygen atoms in total. The van der Waals surface area contributed by atoms with Gasteiger partial charge in [0.1, 0.15) is 16.7 Å². The van der Waals surface area contributed by atoms with E-state index in [0.29, 0.717) is 36.5 Å². The SMILES string of the molecule is CCOc1cc(Cl)nc(CCOc2ccc(CC)cc2)n1. The Kier molecular flexibility index (Phi) is 5.81. The fourth-order valence-electron chi connectivity index (χ4n) is 1.86. The van der Waals surface area contributed by atoms with Gasteiger partial charge < -0.3 is 9.47 Å². The third kappa shape index (κ3) is 4.90. The quantitative estimate of drug-likeness (QED) is 0.731. The smallest absolute Gasteiger partial charge is 0.218 e. The van der Waals surface area contributed by atoms with Gasteiger partial charge in [-0.25, -0.2) is 4.98 Å². The van der Waals surface area contributed by atoms with Crippen molar-refractivity contribution in [2.75, 3.05) is 13.2 Å². The Morgan fingerprint density at radius 2 is 1.81 bits per heavy atom. The first kappa shape index (κ1) is 15.6. The second-order valence-corrected chi connectivity index (χ2v) is 4.86. The summed E-state index contributed by atoms with van der Waals surface area (Å²) in [5.74, 6) is 1.97. The van der Waals surface area contributed by atoms with Gasteiger partial charge in [0.2, 0.25) is 5.88 Å². The van der Waals surface area contributed by atoms with E-state index in [1.54, 1.807) is 6.07 Å². The summed E-state index contributed by atoms with van der Waals surface area (Å²) in [7, 11) is 0. The lowest BCUT2D eigenvalue weighted by molar-refractivity contribution is 0.311. The molecular weight excluding hydrogens is 288 g/mol. The standard InChI is InChI=1S/C16H19ClN2O2/c1-3-12-5-7-13(8-6-12)21-10-9-15-18-14(17)11-16(19-15)20-4-2/h5-8,11H,3-4,9-10H2,1-2H3. The number of ether oxygens (including phenoxy) is 2. The summed E-state index contributed by atoms with van der Waals surface area (Å²) < 4.78 is 11.0. The molecule has 1 aromatic heterocycles. The molecule has 2 aromatic rings. The monoisotopic (exact) mass is 306 g/mol. The first-order valence-electron chi connectivity index (χ1n) is 7.09. The predicted octanol–water partition coefficient (Wildman–Crippen LogP) is 3.71. The second kappa shape index (κ2) is 7.84. The van der Waals surface area contributed by atoms with Crippen LogP contribution < -0.4 is 9.47 Å². The average Bonchev–Trinajstić information content (AvgIpc) is 2.48. The minimum Gasteiger partial charge on any atom is -0.493 e. The highest BCUT2D eigenvalue weighted by Crippen LogP contribution is 2.15. The normalized spacial score (nSPS) is 10.4. The molecule has 0 fully saturated rings. The molecule has 0 atom stereocenters. The van der Waals surface area contributed by atoms with Gasteiger partial charge in [-0.3, -0.25) is 0 Å². The topological polar surface area (TPSA) is 44.2 Å². The largest absolute Gasteiger partial charge is 0.493 e. The molecule has 0 saturated heterocycles. The zero-order valence-electron chi connectivity index (χ0n) is 12.3. The van der Waals surface area contributed by atoms with Crippen molar-refractivity contribution in [1.29, 1.82) is 0 Å². The molecule has 0 aliphatic carbocycles. The van der Waals surface area contributed by atoms with Gasteiger partial charge in [0.15, 0.2) is 0 Å². The van der Waals surface area contributed by atoms with Crippen molar-refractivity contribution in [2.45, 2.75) is 26.7 Å². The molecule has 0 aliphatic heterocycles. The predicted molar refractivity (Wildman–Crippen MR) is 83.2 cm³/mol. The zero-order valence-corrected chi connectivity index (χ0v) is 13.1. The average molecular weight is 307 g/mol. The van der Waals surface area contributed by atoms with E-state index >= 15 is 0 Å². The number of aryl methyl sites for hydroxylation is 1. The Morgan fingerprint density at radius 1 is 1.05 bits per heavy atom. The van der Waals surface area contributed by atoms with Gasteiger partial charge in [-0.1, -0.05) is 30.7 Å². The summed E-state index contributed by atoms with van der Waals surface area (Å²) in [6.45, 7) is 5.07. The highest BCUT2D eigenvalue weighted by molar-refractivity contribution is 6.29. The zero-order chi connectivity index (χ0) is 15.1. The van der Waals surface area contributed by atoms with Crippen molar-refractivity contribution in [3.8, 4) is 11.6 Å². The van der Waals surface area contributed by atoms with Crippen LogP contribution in [0.5, 0.6) is 11.6 Å². The number of hydrogen-bond donors (Lipinski definition) is 0. The minimum absolute atomic E-state index is 0.385. The lowest BCUT2D eigenvalue weighted by atomic mass is 10.2. The maximum absolute atomic E-state index is 5.94. The number of halogens is 1. The molecule has 0 unspecified atom stereocenters. The van der Waals surface area contributed by atoms with Gasteiger partial charge >= 0.3 is 0 Å². The van der Waals surface area contributed by atoms with Crippen LogP contribution in [-0.2, 0) is 12.8 Å². The maximum atomic E-state index is 5.94. The molecule has 112 valence electrons. The van der Waals surface area contributed by atoms with Crippen LogP contribution in [0.25, 0.3) is 0 Å². The van der Waals surface area contributed by atoms with E-state index in [1.165, 1.54) is 5.56 Å². The Morgan fingerprint density at radius 3 is 2.48 bits per heavy atom. The van der Waals surface area contributed by atoms with Crippen LogP contribution in [0.4, 0.5) is 0 Å². The van der Waals surface area contributed by atoms with Crippen molar-refractivity contribution in [1.82, 2.24) is 9.97 Å². The summed E-state index contributed by atoms with van der Waals surface area (Å²) >= 11 is 5.94. The Bertz CT molecular complexity index is 573. The highest BCUT2D eigenvalue weighted by Gasteiger charge is 2.04. The summed E-state index contributed by atoms with van der Waals surface area (Å²) in [6, 6.07) is 9.70. The number of rotatable bonds is 7. The van der Waals surface area contributed by atoms with Crippen LogP contribution in [-0.4, -0.2) is 23.2 Å². The van der Waals surface area contributed by atoms with E-state index in [2.05, 4.69) is 29.0 Å². The molecule has 2 rings (SSSR count). The van der Waals surface area contributed by atoms with E-state index in [9.17, 15) is 0 Å². The molecule has 0 saturated carbocycles. The molecule has 0 aliphatic rings. The summed E-state index contributed by atoms with van der Waals surface area (Å²) in [5.41, 5.74) is 1.29. The van der Waals surface area contributed by atoms with E-state index in [4.69, 9.17) is 21.1 Å². The van der Waals surface area contributed by atoms with Gasteiger partial charge in [0.25, 0.3) is 0 Å². The minimum atomic E-state index is 0.385. The van der Waals surface area contributed by atoms with Gasteiger partial charge in [0, 0.05) is 12.5 Å². The van der Waals surface area contributed by atoms with Crippen molar-refractivity contribution in [3.63, 3.8) is 0 Å². The maximum Gasteiger partial charge on any atom is 0.218 e. The third-order valence-corrected chi connectivity index (χ3v) is 3.13. The lowest BCUT2D eigenvalue weighted by Crippen LogP contribution is -2.06. The van der Waals surface area contributed by atoms with Crippen molar-refractivity contribution >= 4 is 11.6 Å². The molecule has 0 radical (unpaired) electrons. The van der Waals surface area contributed by atoms with Crippen LogP contribution in [0.3, 0.4) is 0 Å². The van der Waals surface area contributed by atoms with Crippen LogP contribution in [0.15, 0.2) is 30.3 Å². The van der Waals surface area contributed by atoms with E-state index in [0.717, 1.165) is 12.2 Å². The number of benzene rings is 1. The number of nitrogens with zero attached hydrogens (tertiary/aromatic N) is 2. The molecule has 0 N–H and O–H groups in total. The summed E-state index contributed by atoms with van der Waals surface area (Å²) in [6.07, 6.45) is 1.60. The first-order chi connectivity index (χ1) is 10.2. The van der Waals surface area contributed by atoms with Crippen LogP contribution in [0, 0.1) is 0 Å². The molecule has 0 bridgehead atoms. The molecule has 5 heteroatoms. The number of hydrogen-bond acceptors (Lipinski definition) is 4. The Hall–Kier alpha value is -1.81. The second-order valence-electron chi connectivity index (χ2n) is 4.47. The van der Waals surface area contributed by atoms with Crippen molar-refractivity contribution in [3.05, 3.63) is 46.9 Å². The van der Waals surface area contributed by atoms with Gasteiger partial charge in [0.05, 0.1) is 13.2 Å². The van der Waals surface area contributed by atoms with Crippen LogP contribution >= 0.6 is 11.6 Å². The summed E-state index contributed by atoms with van der Waals surface area (Å²) in [4.78, 5) is 8.45. The molecule has 0 amide bonds. The molecule has 1 heterocycles. The Labute approximate surface area is 130 Å². The Balaban J connectivity index is 1.90. The highest BCUT2D eigenvalue weighted by atomic mass is 35.5. The van der Waals surface area contributed by atoms with E-state index < -0.39 is 0 Å². The van der Waals surface area contributed by atoms with Gasteiger partial charge in [-0.2, -0.15) is 4.98 Å².